The van der Waals surface area contributed by atoms with Crippen LogP contribution in [-0.4, -0.2) is 47.2 Å². The van der Waals surface area contributed by atoms with Gasteiger partial charge in [0.2, 0.25) is 5.88 Å². The molecule has 8 nitrogen and oxygen atoms in total. The first-order chi connectivity index (χ1) is 14.5. The van der Waals surface area contributed by atoms with Crippen LogP contribution in [-0.2, 0) is 17.7 Å². The molecule has 1 unspecified atom stereocenters. The van der Waals surface area contributed by atoms with Gasteiger partial charge < -0.3 is 19.5 Å². The van der Waals surface area contributed by atoms with E-state index in [1.807, 2.05) is 6.92 Å². The van der Waals surface area contributed by atoms with Crippen molar-refractivity contribution >= 4 is 5.91 Å². The van der Waals surface area contributed by atoms with Gasteiger partial charge in [-0.2, -0.15) is 10.4 Å². The molecule has 30 heavy (non-hydrogen) atoms. The summed E-state index contributed by atoms with van der Waals surface area (Å²) in [7, 11) is 0. The van der Waals surface area contributed by atoms with Crippen LogP contribution < -0.4 is 14.8 Å². The highest BCUT2D eigenvalue weighted by Crippen LogP contribution is 2.32. The van der Waals surface area contributed by atoms with E-state index in [1.54, 1.807) is 28.9 Å². The molecule has 3 heterocycles. The number of hydrogen-bond donors (Lipinski definition) is 1. The highest BCUT2D eigenvalue weighted by Gasteiger charge is 2.38. The van der Waals surface area contributed by atoms with Gasteiger partial charge in [-0.05, 0) is 55.9 Å². The predicted molar refractivity (Wildman–Crippen MR) is 106 cm³/mol. The first kappa shape index (κ1) is 18.9. The van der Waals surface area contributed by atoms with Crippen LogP contribution in [0.4, 0.5) is 0 Å². The molecule has 0 saturated heterocycles. The molecule has 0 radical (unpaired) electrons. The fourth-order valence-corrected chi connectivity index (χ4v) is 3.92. The van der Waals surface area contributed by atoms with E-state index in [0.29, 0.717) is 49.2 Å². The molecule has 2 aliphatic heterocycles. The van der Waals surface area contributed by atoms with Gasteiger partial charge in [0, 0.05) is 12.7 Å². The first-order valence-electron chi connectivity index (χ1n) is 10.3. The minimum atomic E-state index is -0.453. The van der Waals surface area contributed by atoms with Crippen molar-refractivity contribution in [2.75, 3.05) is 19.8 Å². The van der Waals surface area contributed by atoms with E-state index in [2.05, 4.69) is 16.5 Å². The molecule has 1 aromatic carbocycles. The maximum Gasteiger partial charge on any atom is 0.272 e. The Hall–Kier alpha value is -3.05. The van der Waals surface area contributed by atoms with Gasteiger partial charge in [-0.3, -0.25) is 4.79 Å². The second kappa shape index (κ2) is 7.33. The van der Waals surface area contributed by atoms with E-state index in [4.69, 9.17) is 19.5 Å². The smallest absolute Gasteiger partial charge is 0.272 e. The van der Waals surface area contributed by atoms with Gasteiger partial charge in [0.15, 0.2) is 11.3 Å². The predicted octanol–water partition coefficient (Wildman–Crippen LogP) is 2.07. The van der Waals surface area contributed by atoms with Gasteiger partial charge in [-0.1, -0.05) is 0 Å². The number of fused-ring (bicyclic) bond motifs is 2. The summed E-state index contributed by atoms with van der Waals surface area (Å²) in [6.45, 7) is 4.23. The summed E-state index contributed by atoms with van der Waals surface area (Å²) in [5, 5.41) is 16.5. The lowest BCUT2D eigenvalue weighted by Gasteiger charge is -2.26. The molecular formula is C22H24N4O4. The Morgan fingerprint density at radius 1 is 1.43 bits per heavy atom. The number of nitriles is 1. The van der Waals surface area contributed by atoms with E-state index < -0.39 is 5.60 Å². The van der Waals surface area contributed by atoms with Crippen LogP contribution in [0.5, 0.6) is 11.6 Å². The van der Waals surface area contributed by atoms with Crippen molar-refractivity contribution in [1.29, 1.82) is 5.26 Å². The maximum absolute atomic E-state index is 12.7. The summed E-state index contributed by atoms with van der Waals surface area (Å²) in [6, 6.07) is 8.96. The fourth-order valence-electron chi connectivity index (χ4n) is 3.92. The van der Waals surface area contributed by atoms with Crippen molar-refractivity contribution in [3.8, 4) is 17.7 Å². The van der Waals surface area contributed by atoms with Crippen molar-refractivity contribution in [1.82, 2.24) is 15.1 Å². The lowest BCUT2D eigenvalue weighted by Crippen LogP contribution is -2.43. The van der Waals surface area contributed by atoms with Crippen LogP contribution in [0, 0.1) is 17.2 Å². The number of ether oxygens (including phenoxy) is 3. The molecule has 156 valence electrons. The molecule has 3 aliphatic rings. The van der Waals surface area contributed by atoms with Crippen LogP contribution in [0.3, 0.4) is 0 Å². The zero-order valence-electron chi connectivity index (χ0n) is 16.9. The second-order valence-corrected chi connectivity index (χ2v) is 8.66. The van der Waals surface area contributed by atoms with Crippen molar-refractivity contribution in [2.24, 2.45) is 5.92 Å². The summed E-state index contributed by atoms with van der Waals surface area (Å²) in [6.07, 6.45) is 3.13. The Morgan fingerprint density at radius 2 is 2.30 bits per heavy atom. The molecule has 1 N–H and O–H groups in total. The summed E-state index contributed by atoms with van der Waals surface area (Å²) in [5.74, 6) is 1.80. The van der Waals surface area contributed by atoms with Crippen molar-refractivity contribution in [3.05, 3.63) is 41.1 Å². The number of nitrogens with one attached hydrogen (secondary N) is 1. The first-order valence-corrected chi connectivity index (χ1v) is 10.3. The Kier molecular flexibility index (Phi) is 4.63. The number of aromatic nitrogens is 2. The molecule has 0 bridgehead atoms. The average Bonchev–Trinajstić information content (AvgIpc) is 3.39. The summed E-state index contributed by atoms with van der Waals surface area (Å²) in [5.41, 5.74) is 1.37. The Morgan fingerprint density at radius 3 is 3.07 bits per heavy atom. The number of carbonyl (C=O) groups excluding carboxylic acids is 1. The molecule has 8 heteroatoms. The lowest BCUT2D eigenvalue weighted by atomic mass is 10.0. The molecule has 1 aromatic heterocycles. The summed E-state index contributed by atoms with van der Waals surface area (Å²) in [4.78, 5) is 12.7. The van der Waals surface area contributed by atoms with E-state index in [9.17, 15) is 4.79 Å². The molecule has 1 fully saturated rings. The fraction of sp³-hybridized carbons (Fsp3) is 0.500. The minimum absolute atomic E-state index is 0.183. The van der Waals surface area contributed by atoms with Gasteiger partial charge in [-0.25, -0.2) is 4.68 Å². The third-order valence-electron chi connectivity index (χ3n) is 5.70. The Bertz CT molecular complexity index is 997. The van der Waals surface area contributed by atoms with Gasteiger partial charge in [0.05, 0.1) is 30.8 Å². The van der Waals surface area contributed by atoms with Crippen LogP contribution in [0.1, 0.15) is 41.4 Å². The molecule has 1 saturated carbocycles. The number of benzene rings is 1. The molecule has 1 aliphatic carbocycles. The number of rotatable bonds is 6. The van der Waals surface area contributed by atoms with Crippen LogP contribution in [0.25, 0.3) is 0 Å². The highest BCUT2D eigenvalue weighted by molar-refractivity contribution is 5.92. The minimum Gasteiger partial charge on any atom is -0.491 e. The maximum atomic E-state index is 12.7. The van der Waals surface area contributed by atoms with Gasteiger partial charge in [-0.15, -0.1) is 0 Å². The third-order valence-corrected chi connectivity index (χ3v) is 5.70. The van der Waals surface area contributed by atoms with Crippen molar-refractivity contribution in [3.63, 3.8) is 0 Å². The molecular weight excluding hydrogens is 384 g/mol. The zero-order chi connectivity index (χ0) is 20.7. The quantitative estimate of drug-likeness (QED) is 0.786. The van der Waals surface area contributed by atoms with Crippen LogP contribution in [0.2, 0.25) is 0 Å². The largest absolute Gasteiger partial charge is 0.491 e. The van der Waals surface area contributed by atoms with Crippen LogP contribution in [0.15, 0.2) is 24.3 Å². The molecule has 2 aromatic rings. The van der Waals surface area contributed by atoms with Crippen molar-refractivity contribution in [2.45, 2.75) is 44.4 Å². The van der Waals surface area contributed by atoms with E-state index >= 15 is 0 Å². The van der Waals surface area contributed by atoms with Gasteiger partial charge in [0.25, 0.3) is 5.91 Å². The van der Waals surface area contributed by atoms with Crippen molar-refractivity contribution < 1.29 is 19.0 Å². The number of amides is 1. The normalized spacial score (nSPS) is 24.2. The standard InChI is InChI=1S/C22H24N4O4/c1-22(13-28-10-14-2-3-14)12-26-20(30-22)8-18(25-26)21(27)24-17-7-16-6-15(9-23)4-5-19(16)29-11-17/h4-6,8,14,17H,2-3,7,10-13H2,1H3,(H,24,27)/t17-,22?/m1/s1. The highest BCUT2D eigenvalue weighted by atomic mass is 16.6. The number of nitrogens with zero attached hydrogens (tertiary/aromatic N) is 3. The van der Waals surface area contributed by atoms with Gasteiger partial charge in [0.1, 0.15) is 12.4 Å². The monoisotopic (exact) mass is 408 g/mol. The second-order valence-electron chi connectivity index (χ2n) is 8.66. The lowest BCUT2D eigenvalue weighted by molar-refractivity contribution is -0.00723. The number of carbonyl (C=O) groups is 1. The molecule has 2 atom stereocenters. The van der Waals surface area contributed by atoms with E-state index in [-0.39, 0.29) is 11.9 Å². The SMILES string of the molecule is CC1(COCC2CC2)Cn2nc(C(=O)N[C@H]3COc4ccc(C#N)cc4C3)cc2O1. The van der Waals surface area contributed by atoms with E-state index in [1.165, 1.54) is 12.8 Å². The third kappa shape index (κ3) is 3.85. The molecule has 0 spiro atoms. The van der Waals surface area contributed by atoms with Crippen LogP contribution >= 0.6 is 0 Å². The topological polar surface area (TPSA) is 98.4 Å². The Balaban J connectivity index is 1.18. The average molecular weight is 408 g/mol. The van der Waals surface area contributed by atoms with E-state index in [0.717, 1.165) is 17.9 Å². The summed E-state index contributed by atoms with van der Waals surface area (Å²) < 4.78 is 19.3. The Labute approximate surface area is 174 Å². The zero-order valence-corrected chi connectivity index (χ0v) is 16.9. The molecule has 1 amide bonds. The van der Waals surface area contributed by atoms with Gasteiger partial charge >= 0.3 is 0 Å². The molecule has 5 rings (SSSR count). The summed E-state index contributed by atoms with van der Waals surface area (Å²) >= 11 is 0. The number of hydrogen-bond acceptors (Lipinski definition) is 6.